The van der Waals surface area contributed by atoms with Crippen molar-refractivity contribution in [2.24, 2.45) is 4.99 Å². The van der Waals surface area contributed by atoms with Crippen molar-refractivity contribution in [1.82, 2.24) is 10.6 Å². The Morgan fingerprint density at radius 2 is 1.85 bits per heavy atom. The molecular formula is C21H30IN3O. The van der Waals surface area contributed by atoms with Crippen molar-refractivity contribution in [2.45, 2.75) is 26.2 Å². The van der Waals surface area contributed by atoms with Crippen molar-refractivity contribution < 1.29 is 5.11 Å². The van der Waals surface area contributed by atoms with Gasteiger partial charge in [-0.25, -0.2) is 0 Å². The molecule has 0 heterocycles. The van der Waals surface area contributed by atoms with Crippen LogP contribution >= 0.6 is 24.0 Å². The molecule has 4 nitrogen and oxygen atoms in total. The standard InChI is InChI=1S/C21H29N3O.HI/c1-3-22-21(23-13-12-18-9-7-8-17(2)14-18)24-15-20(16-25)19-10-5-4-6-11-19;/h4-11,14,20,25H,3,12-13,15-16H2,1-2H3,(H2,22,23,24);1H. The van der Waals surface area contributed by atoms with Crippen LogP contribution in [0.1, 0.15) is 29.5 Å². The minimum Gasteiger partial charge on any atom is -0.396 e. The molecule has 2 aromatic carbocycles. The summed E-state index contributed by atoms with van der Waals surface area (Å²) < 4.78 is 0. The molecule has 0 aliphatic rings. The average molecular weight is 467 g/mol. The van der Waals surface area contributed by atoms with Crippen LogP contribution in [0.4, 0.5) is 0 Å². The summed E-state index contributed by atoms with van der Waals surface area (Å²) in [5.74, 6) is 0.818. The predicted molar refractivity (Wildman–Crippen MR) is 121 cm³/mol. The summed E-state index contributed by atoms with van der Waals surface area (Å²) >= 11 is 0. The van der Waals surface area contributed by atoms with Gasteiger partial charge in [-0.1, -0.05) is 60.2 Å². The van der Waals surface area contributed by atoms with Gasteiger partial charge in [0.25, 0.3) is 0 Å². The van der Waals surface area contributed by atoms with Crippen molar-refractivity contribution in [3.63, 3.8) is 0 Å². The first-order chi connectivity index (χ1) is 12.2. The molecule has 0 fully saturated rings. The quantitative estimate of drug-likeness (QED) is 0.317. The molecule has 142 valence electrons. The number of aryl methyl sites for hydroxylation is 1. The van der Waals surface area contributed by atoms with E-state index in [-0.39, 0.29) is 36.5 Å². The van der Waals surface area contributed by atoms with Gasteiger partial charge in [0.1, 0.15) is 0 Å². The topological polar surface area (TPSA) is 56.7 Å². The number of aliphatic imine (C=N–C) groups is 1. The van der Waals surface area contributed by atoms with Gasteiger partial charge in [-0.3, -0.25) is 4.99 Å². The largest absolute Gasteiger partial charge is 0.396 e. The van der Waals surface area contributed by atoms with E-state index in [1.54, 1.807) is 0 Å². The monoisotopic (exact) mass is 467 g/mol. The highest BCUT2D eigenvalue weighted by Crippen LogP contribution is 2.14. The van der Waals surface area contributed by atoms with Gasteiger partial charge in [-0.2, -0.15) is 0 Å². The first-order valence-corrected chi connectivity index (χ1v) is 8.96. The first kappa shape index (κ1) is 22.4. The fraction of sp³-hybridized carbons (Fsp3) is 0.381. The van der Waals surface area contributed by atoms with Gasteiger partial charge in [0.2, 0.25) is 0 Å². The van der Waals surface area contributed by atoms with Gasteiger partial charge >= 0.3 is 0 Å². The van der Waals surface area contributed by atoms with E-state index in [2.05, 4.69) is 53.7 Å². The Balaban J connectivity index is 0.00000338. The fourth-order valence-corrected chi connectivity index (χ4v) is 2.73. The van der Waals surface area contributed by atoms with Crippen LogP contribution in [0, 0.1) is 6.92 Å². The zero-order valence-corrected chi connectivity index (χ0v) is 17.9. The van der Waals surface area contributed by atoms with E-state index in [1.165, 1.54) is 11.1 Å². The third-order valence-corrected chi connectivity index (χ3v) is 4.09. The van der Waals surface area contributed by atoms with Crippen LogP contribution in [0.3, 0.4) is 0 Å². The molecule has 1 unspecified atom stereocenters. The Bertz CT molecular complexity index is 661. The van der Waals surface area contributed by atoms with E-state index in [0.717, 1.165) is 31.0 Å². The third-order valence-electron chi connectivity index (χ3n) is 4.09. The molecule has 1 atom stereocenters. The number of aliphatic hydroxyl groups excluding tert-OH is 1. The van der Waals surface area contributed by atoms with Crippen molar-refractivity contribution in [3.05, 3.63) is 71.3 Å². The molecule has 5 heteroatoms. The van der Waals surface area contributed by atoms with Crippen molar-refractivity contribution in [2.75, 3.05) is 26.2 Å². The van der Waals surface area contributed by atoms with E-state index >= 15 is 0 Å². The molecule has 2 rings (SSSR count). The Morgan fingerprint density at radius 3 is 2.50 bits per heavy atom. The van der Waals surface area contributed by atoms with Gasteiger partial charge < -0.3 is 15.7 Å². The number of hydrogen-bond donors (Lipinski definition) is 3. The highest BCUT2D eigenvalue weighted by Gasteiger charge is 2.09. The summed E-state index contributed by atoms with van der Waals surface area (Å²) in [6.45, 7) is 6.45. The lowest BCUT2D eigenvalue weighted by Crippen LogP contribution is -2.38. The average Bonchev–Trinajstić information content (AvgIpc) is 2.63. The van der Waals surface area contributed by atoms with Gasteiger partial charge in [0, 0.05) is 19.0 Å². The van der Waals surface area contributed by atoms with Gasteiger partial charge in [0.05, 0.1) is 13.2 Å². The lowest BCUT2D eigenvalue weighted by molar-refractivity contribution is 0.268. The summed E-state index contributed by atoms with van der Waals surface area (Å²) in [4.78, 5) is 4.64. The van der Waals surface area contributed by atoms with Crippen molar-refractivity contribution >= 4 is 29.9 Å². The number of halogens is 1. The Kier molecular flexibility index (Phi) is 11.0. The normalized spacial score (nSPS) is 12.2. The highest BCUT2D eigenvalue weighted by atomic mass is 127. The SMILES string of the molecule is CCNC(=NCC(CO)c1ccccc1)NCCc1cccc(C)c1.I. The number of rotatable bonds is 8. The Hall–Kier alpha value is -1.60. The van der Waals surface area contributed by atoms with Crippen LogP contribution in [0.15, 0.2) is 59.6 Å². The molecule has 0 bridgehead atoms. The maximum atomic E-state index is 9.66. The van der Waals surface area contributed by atoms with Crippen LogP contribution in [-0.4, -0.2) is 37.3 Å². The van der Waals surface area contributed by atoms with Crippen molar-refractivity contribution in [3.8, 4) is 0 Å². The minimum atomic E-state index is 0. The highest BCUT2D eigenvalue weighted by molar-refractivity contribution is 14.0. The lowest BCUT2D eigenvalue weighted by Gasteiger charge is -2.15. The first-order valence-electron chi connectivity index (χ1n) is 8.96. The molecule has 2 aromatic rings. The van der Waals surface area contributed by atoms with Gasteiger partial charge in [-0.15, -0.1) is 24.0 Å². The van der Waals surface area contributed by atoms with Gasteiger partial charge in [0.15, 0.2) is 5.96 Å². The van der Waals surface area contributed by atoms with E-state index in [9.17, 15) is 5.11 Å². The summed E-state index contributed by atoms with van der Waals surface area (Å²) in [6, 6.07) is 18.6. The smallest absolute Gasteiger partial charge is 0.191 e. The maximum absolute atomic E-state index is 9.66. The van der Waals surface area contributed by atoms with Crippen LogP contribution in [0.5, 0.6) is 0 Å². The Labute approximate surface area is 174 Å². The van der Waals surface area contributed by atoms with Gasteiger partial charge in [-0.05, 0) is 31.4 Å². The number of aliphatic hydroxyl groups is 1. The lowest BCUT2D eigenvalue weighted by atomic mass is 10.0. The molecule has 26 heavy (non-hydrogen) atoms. The van der Waals surface area contributed by atoms with E-state index in [4.69, 9.17) is 0 Å². The second-order valence-electron chi connectivity index (χ2n) is 6.18. The van der Waals surface area contributed by atoms with E-state index in [0.29, 0.717) is 6.54 Å². The summed E-state index contributed by atoms with van der Waals surface area (Å²) in [5, 5.41) is 16.3. The zero-order valence-electron chi connectivity index (χ0n) is 15.6. The summed E-state index contributed by atoms with van der Waals surface area (Å²) in [7, 11) is 0. The molecule has 0 saturated heterocycles. The number of nitrogens with zero attached hydrogens (tertiary/aromatic N) is 1. The molecule has 0 amide bonds. The van der Waals surface area contributed by atoms with E-state index < -0.39 is 0 Å². The molecule has 0 aliphatic heterocycles. The van der Waals surface area contributed by atoms with Crippen molar-refractivity contribution in [1.29, 1.82) is 0 Å². The third kappa shape index (κ3) is 7.74. The zero-order chi connectivity index (χ0) is 17.9. The Morgan fingerprint density at radius 1 is 1.08 bits per heavy atom. The minimum absolute atomic E-state index is 0. The molecule has 3 N–H and O–H groups in total. The van der Waals surface area contributed by atoms with Crippen LogP contribution in [0.2, 0.25) is 0 Å². The van der Waals surface area contributed by atoms with Crippen LogP contribution in [-0.2, 0) is 6.42 Å². The molecule has 0 saturated carbocycles. The molecule has 0 spiro atoms. The molecule has 0 aliphatic carbocycles. The van der Waals surface area contributed by atoms with Crippen LogP contribution in [0.25, 0.3) is 0 Å². The number of hydrogen-bond acceptors (Lipinski definition) is 2. The number of guanidine groups is 1. The number of benzene rings is 2. The van der Waals surface area contributed by atoms with E-state index in [1.807, 2.05) is 30.3 Å². The van der Waals surface area contributed by atoms with Crippen LogP contribution < -0.4 is 10.6 Å². The summed E-state index contributed by atoms with van der Waals surface area (Å²) in [6.07, 6.45) is 0.953. The molecular weight excluding hydrogens is 437 g/mol. The molecule has 0 radical (unpaired) electrons. The fourth-order valence-electron chi connectivity index (χ4n) is 2.73. The predicted octanol–water partition coefficient (Wildman–Crippen LogP) is 3.49. The molecule has 0 aromatic heterocycles. The second-order valence-corrected chi connectivity index (χ2v) is 6.18. The number of nitrogens with one attached hydrogen (secondary N) is 2. The maximum Gasteiger partial charge on any atom is 0.191 e. The summed E-state index contributed by atoms with van der Waals surface area (Å²) in [5.41, 5.74) is 3.72. The second kappa shape index (κ2) is 12.7.